The third-order valence-electron chi connectivity index (χ3n) is 5.77. The Hall–Kier alpha value is -2.63. The van der Waals surface area contributed by atoms with E-state index < -0.39 is 12.0 Å². The van der Waals surface area contributed by atoms with Gasteiger partial charge in [-0.3, -0.25) is 9.36 Å². The van der Waals surface area contributed by atoms with Crippen LogP contribution in [0.25, 0.3) is 6.08 Å². The van der Waals surface area contributed by atoms with E-state index in [0.29, 0.717) is 48.3 Å². The number of para-hydroxylation sites is 1. The van der Waals surface area contributed by atoms with Gasteiger partial charge in [-0.1, -0.05) is 41.1 Å². The number of nitrogens with zero attached hydrogens (tertiary/aromatic N) is 2. The molecule has 0 unspecified atom stereocenters. The second kappa shape index (κ2) is 12.3. The molecule has 3 aromatic rings. The third kappa shape index (κ3) is 6.25. The molecule has 1 atom stereocenters. The SMILES string of the molecule is CCOC(=O)C1=C(C)N=c2s/c(=C\c3cc(Cl)cc(I)c3OC(C)C)c(=O)n2[C@@H]1c1ccccc1OC(C)C. The van der Waals surface area contributed by atoms with Gasteiger partial charge in [-0.05, 0) is 88.4 Å². The standard InChI is InChI=1S/C29H30ClIN2O5S/c1-7-36-28(35)24-17(6)32-29-33(25(24)20-10-8-9-11-22(20)37-15(2)3)27(34)23(39-29)13-18-12-19(30)14-21(31)26(18)38-16(4)5/h8-16,25H,7H2,1-6H3/b23-13-/t25-/m1/s1. The van der Waals surface area contributed by atoms with Crippen molar-refractivity contribution in [2.24, 2.45) is 4.99 Å². The van der Waals surface area contributed by atoms with Gasteiger partial charge in [0.15, 0.2) is 4.80 Å². The molecular weight excluding hydrogens is 651 g/mol. The zero-order valence-electron chi connectivity index (χ0n) is 22.6. The minimum Gasteiger partial charge on any atom is -0.491 e. The quantitative estimate of drug-likeness (QED) is 0.228. The molecule has 0 saturated heterocycles. The Morgan fingerprint density at radius 3 is 2.54 bits per heavy atom. The average molecular weight is 681 g/mol. The lowest BCUT2D eigenvalue weighted by atomic mass is 9.95. The molecule has 2 aromatic carbocycles. The highest BCUT2D eigenvalue weighted by atomic mass is 127. The van der Waals surface area contributed by atoms with E-state index in [4.69, 9.17) is 25.8 Å². The Labute approximate surface area is 249 Å². The first kappa shape index (κ1) is 29.4. The van der Waals surface area contributed by atoms with Crippen LogP contribution in [0.15, 0.2) is 57.5 Å². The maximum absolute atomic E-state index is 14.1. The first-order valence-electron chi connectivity index (χ1n) is 12.6. The Kier molecular flexibility index (Phi) is 9.23. The summed E-state index contributed by atoms with van der Waals surface area (Å²) in [4.78, 5) is 32.4. The first-order valence-corrected chi connectivity index (χ1v) is 14.9. The molecular formula is C29H30ClIN2O5S. The molecule has 0 bridgehead atoms. The zero-order chi connectivity index (χ0) is 28.4. The summed E-state index contributed by atoms with van der Waals surface area (Å²) < 4.78 is 20.4. The number of allylic oxidation sites excluding steroid dienone is 1. The van der Waals surface area contributed by atoms with Crippen LogP contribution in [0.4, 0.5) is 0 Å². The average Bonchev–Trinajstić information content (AvgIpc) is 3.14. The molecule has 0 N–H and O–H groups in total. The van der Waals surface area contributed by atoms with E-state index in [1.54, 1.807) is 30.6 Å². The summed E-state index contributed by atoms with van der Waals surface area (Å²) in [5.41, 5.74) is 1.87. The lowest BCUT2D eigenvalue weighted by Crippen LogP contribution is -2.40. The number of ether oxygens (including phenoxy) is 3. The van der Waals surface area contributed by atoms with Gasteiger partial charge in [-0.25, -0.2) is 9.79 Å². The van der Waals surface area contributed by atoms with E-state index in [0.717, 1.165) is 3.57 Å². The normalized spacial score (nSPS) is 15.4. The van der Waals surface area contributed by atoms with E-state index in [9.17, 15) is 9.59 Å². The second-order valence-corrected chi connectivity index (χ2v) is 12.1. The topological polar surface area (TPSA) is 79.1 Å². The monoisotopic (exact) mass is 680 g/mol. The van der Waals surface area contributed by atoms with Gasteiger partial charge in [0.1, 0.15) is 17.5 Å². The van der Waals surface area contributed by atoms with Crippen LogP contribution in [-0.2, 0) is 9.53 Å². The molecule has 0 aliphatic carbocycles. The number of benzene rings is 2. The van der Waals surface area contributed by atoms with Gasteiger partial charge < -0.3 is 14.2 Å². The van der Waals surface area contributed by atoms with Crippen molar-refractivity contribution in [3.05, 3.63) is 87.1 Å². The van der Waals surface area contributed by atoms with Crippen LogP contribution in [0.1, 0.15) is 58.7 Å². The Morgan fingerprint density at radius 1 is 1.18 bits per heavy atom. The number of esters is 1. The van der Waals surface area contributed by atoms with Crippen LogP contribution in [0.3, 0.4) is 0 Å². The van der Waals surface area contributed by atoms with Gasteiger partial charge in [-0.15, -0.1) is 0 Å². The van der Waals surface area contributed by atoms with Crippen molar-refractivity contribution >= 4 is 57.6 Å². The first-order chi connectivity index (χ1) is 18.5. The van der Waals surface area contributed by atoms with Crippen molar-refractivity contribution in [1.82, 2.24) is 4.57 Å². The number of carbonyl (C=O) groups excluding carboxylic acids is 1. The van der Waals surface area contributed by atoms with Crippen molar-refractivity contribution in [1.29, 1.82) is 0 Å². The van der Waals surface area contributed by atoms with Crippen molar-refractivity contribution in [3.8, 4) is 11.5 Å². The van der Waals surface area contributed by atoms with E-state index in [2.05, 4.69) is 27.6 Å². The summed E-state index contributed by atoms with van der Waals surface area (Å²) in [6.45, 7) is 11.4. The Morgan fingerprint density at radius 2 is 1.87 bits per heavy atom. The number of fused-ring (bicyclic) bond motifs is 1. The summed E-state index contributed by atoms with van der Waals surface area (Å²) in [6.07, 6.45) is 1.59. The lowest BCUT2D eigenvalue weighted by molar-refractivity contribution is -0.139. The maximum Gasteiger partial charge on any atom is 0.338 e. The van der Waals surface area contributed by atoms with E-state index >= 15 is 0 Å². The molecule has 1 aromatic heterocycles. The molecule has 1 aliphatic rings. The summed E-state index contributed by atoms with van der Waals surface area (Å²) in [5.74, 6) is 0.714. The number of halogens is 2. The van der Waals surface area contributed by atoms with Crippen LogP contribution >= 0.6 is 45.5 Å². The van der Waals surface area contributed by atoms with Gasteiger partial charge in [0, 0.05) is 16.1 Å². The van der Waals surface area contributed by atoms with Gasteiger partial charge in [0.25, 0.3) is 5.56 Å². The molecule has 0 spiro atoms. The molecule has 7 nitrogen and oxygen atoms in total. The summed E-state index contributed by atoms with van der Waals surface area (Å²) in [6, 6.07) is 10.3. The number of aromatic nitrogens is 1. The van der Waals surface area contributed by atoms with Crippen LogP contribution < -0.4 is 24.4 Å². The molecule has 0 amide bonds. The number of rotatable bonds is 8. The maximum atomic E-state index is 14.1. The number of carbonyl (C=O) groups is 1. The second-order valence-electron chi connectivity index (χ2n) is 9.48. The molecule has 39 heavy (non-hydrogen) atoms. The molecule has 1 aliphatic heterocycles. The van der Waals surface area contributed by atoms with E-state index in [1.807, 2.05) is 58.0 Å². The van der Waals surface area contributed by atoms with E-state index in [1.165, 1.54) is 11.3 Å². The zero-order valence-corrected chi connectivity index (χ0v) is 26.3. The third-order valence-corrected chi connectivity index (χ3v) is 7.77. The summed E-state index contributed by atoms with van der Waals surface area (Å²) in [7, 11) is 0. The minimum absolute atomic E-state index is 0.0692. The lowest BCUT2D eigenvalue weighted by Gasteiger charge is -2.26. The van der Waals surface area contributed by atoms with Gasteiger partial charge >= 0.3 is 5.97 Å². The van der Waals surface area contributed by atoms with Crippen LogP contribution in [-0.4, -0.2) is 29.4 Å². The van der Waals surface area contributed by atoms with Crippen molar-refractivity contribution in [2.75, 3.05) is 6.61 Å². The molecule has 10 heteroatoms. The van der Waals surface area contributed by atoms with Gasteiger partial charge in [0.2, 0.25) is 0 Å². The Balaban J connectivity index is 2.00. The highest BCUT2D eigenvalue weighted by Gasteiger charge is 2.35. The van der Waals surface area contributed by atoms with E-state index in [-0.39, 0.29) is 24.4 Å². The number of hydrogen-bond donors (Lipinski definition) is 0. The van der Waals surface area contributed by atoms with Crippen LogP contribution in [0.2, 0.25) is 5.02 Å². The van der Waals surface area contributed by atoms with Crippen molar-refractivity contribution in [2.45, 2.75) is 59.8 Å². The largest absolute Gasteiger partial charge is 0.491 e. The Bertz CT molecular complexity index is 1620. The van der Waals surface area contributed by atoms with Crippen LogP contribution in [0, 0.1) is 3.57 Å². The number of hydrogen-bond acceptors (Lipinski definition) is 7. The van der Waals surface area contributed by atoms with Crippen molar-refractivity contribution < 1.29 is 19.0 Å². The highest BCUT2D eigenvalue weighted by molar-refractivity contribution is 14.1. The van der Waals surface area contributed by atoms with Crippen molar-refractivity contribution in [3.63, 3.8) is 0 Å². The number of thiazole rings is 1. The predicted octanol–water partition coefficient (Wildman–Crippen LogP) is 5.63. The van der Waals surface area contributed by atoms with Gasteiger partial charge in [0.05, 0.1) is 38.2 Å². The molecule has 0 saturated carbocycles. The minimum atomic E-state index is -0.775. The fourth-order valence-electron chi connectivity index (χ4n) is 4.34. The summed E-state index contributed by atoms with van der Waals surface area (Å²) >= 11 is 9.80. The fraction of sp³-hybridized carbons (Fsp3) is 0.345. The molecule has 4 rings (SSSR count). The molecule has 2 heterocycles. The smallest absolute Gasteiger partial charge is 0.338 e. The fourth-order valence-corrected chi connectivity index (χ4v) is 6.56. The van der Waals surface area contributed by atoms with Crippen LogP contribution in [0.5, 0.6) is 11.5 Å². The predicted molar refractivity (Wildman–Crippen MR) is 163 cm³/mol. The highest BCUT2D eigenvalue weighted by Crippen LogP contribution is 2.36. The molecule has 0 fully saturated rings. The van der Waals surface area contributed by atoms with Gasteiger partial charge in [-0.2, -0.15) is 0 Å². The molecule has 206 valence electrons. The summed E-state index contributed by atoms with van der Waals surface area (Å²) in [5, 5.41) is 0.535. The molecule has 0 radical (unpaired) electrons.